The van der Waals surface area contributed by atoms with Crippen molar-refractivity contribution in [3.8, 4) is 0 Å². The van der Waals surface area contributed by atoms with Crippen LogP contribution in [-0.2, 0) is 0 Å². The van der Waals surface area contributed by atoms with E-state index in [1.165, 1.54) is 25.7 Å². The summed E-state index contributed by atoms with van der Waals surface area (Å²) < 4.78 is 0. The van der Waals surface area contributed by atoms with Crippen LogP contribution in [0, 0.1) is 5.92 Å². The number of aliphatic hydroxyl groups excluding tert-OH is 1. The molecule has 2 saturated carbocycles. The average molecular weight is 224 g/mol. The van der Waals surface area contributed by atoms with Crippen molar-refractivity contribution in [3.05, 3.63) is 12.7 Å². The van der Waals surface area contributed by atoms with Gasteiger partial charge in [0.05, 0.1) is 6.61 Å². The van der Waals surface area contributed by atoms with E-state index in [0.717, 1.165) is 31.6 Å². The quantitative estimate of drug-likeness (QED) is 0.604. The molecule has 0 radical (unpaired) electrons. The van der Waals surface area contributed by atoms with Crippen LogP contribution < -0.4 is 5.32 Å². The van der Waals surface area contributed by atoms with Gasteiger partial charge < -0.3 is 10.4 Å². The molecule has 0 amide bonds. The molecule has 2 rings (SSSR count). The molecule has 0 spiro atoms. The lowest BCUT2D eigenvalue weighted by Gasteiger charge is -2.44. The summed E-state index contributed by atoms with van der Waals surface area (Å²) in [4.78, 5) is 2.37. The maximum atomic E-state index is 9.05. The zero-order valence-corrected chi connectivity index (χ0v) is 10.1. The minimum Gasteiger partial charge on any atom is -0.395 e. The zero-order chi connectivity index (χ0) is 11.4. The lowest BCUT2D eigenvalue weighted by molar-refractivity contribution is 0.0569. The molecule has 3 nitrogen and oxygen atoms in total. The summed E-state index contributed by atoms with van der Waals surface area (Å²) in [6.07, 6.45) is 7.29. The minimum absolute atomic E-state index is 0.257. The van der Waals surface area contributed by atoms with Gasteiger partial charge in [-0.05, 0) is 38.1 Å². The van der Waals surface area contributed by atoms with Crippen LogP contribution in [0.15, 0.2) is 12.7 Å². The van der Waals surface area contributed by atoms with Crippen molar-refractivity contribution < 1.29 is 5.11 Å². The third-order valence-electron chi connectivity index (χ3n) is 3.84. The van der Waals surface area contributed by atoms with Crippen LogP contribution in [0.3, 0.4) is 0 Å². The number of aliphatic hydroxyl groups is 1. The Bertz CT molecular complexity index is 228. The molecule has 0 aromatic heterocycles. The summed E-state index contributed by atoms with van der Waals surface area (Å²) in [7, 11) is 0. The van der Waals surface area contributed by atoms with Crippen molar-refractivity contribution in [1.82, 2.24) is 10.2 Å². The molecule has 0 saturated heterocycles. The van der Waals surface area contributed by atoms with Crippen LogP contribution in [0.4, 0.5) is 0 Å². The van der Waals surface area contributed by atoms with Crippen LogP contribution >= 0.6 is 0 Å². The van der Waals surface area contributed by atoms with Crippen molar-refractivity contribution in [3.63, 3.8) is 0 Å². The van der Waals surface area contributed by atoms with Gasteiger partial charge in [0, 0.05) is 25.2 Å². The van der Waals surface area contributed by atoms with Crippen LogP contribution in [0.25, 0.3) is 0 Å². The summed E-state index contributed by atoms with van der Waals surface area (Å²) >= 11 is 0. The average Bonchev–Trinajstić information content (AvgIpc) is 3.01. The van der Waals surface area contributed by atoms with E-state index in [4.69, 9.17) is 5.11 Å². The molecular weight excluding hydrogens is 200 g/mol. The predicted molar refractivity (Wildman–Crippen MR) is 66.4 cm³/mol. The Morgan fingerprint density at radius 2 is 2.12 bits per heavy atom. The monoisotopic (exact) mass is 224 g/mol. The summed E-state index contributed by atoms with van der Waals surface area (Å²) in [5.41, 5.74) is 0. The Hall–Kier alpha value is -0.380. The van der Waals surface area contributed by atoms with Gasteiger partial charge >= 0.3 is 0 Å². The SMILES string of the molecule is C=CCN(CCO)C1CCC1CNC1CC1. The largest absolute Gasteiger partial charge is 0.395 e. The smallest absolute Gasteiger partial charge is 0.0558 e. The molecule has 0 aliphatic heterocycles. The molecule has 2 aliphatic rings. The summed E-state index contributed by atoms with van der Waals surface area (Å²) in [5.74, 6) is 0.784. The van der Waals surface area contributed by atoms with E-state index < -0.39 is 0 Å². The molecule has 2 atom stereocenters. The van der Waals surface area contributed by atoms with E-state index in [1.54, 1.807) is 0 Å². The highest BCUT2D eigenvalue weighted by molar-refractivity contribution is 4.93. The molecule has 0 bridgehead atoms. The van der Waals surface area contributed by atoms with Gasteiger partial charge in [0.15, 0.2) is 0 Å². The second-order valence-electron chi connectivity index (χ2n) is 5.09. The Labute approximate surface area is 98.5 Å². The topological polar surface area (TPSA) is 35.5 Å². The second kappa shape index (κ2) is 5.80. The fourth-order valence-electron chi connectivity index (χ4n) is 2.56. The van der Waals surface area contributed by atoms with E-state index in [9.17, 15) is 0 Å². The lowest BCUT2D eigenvalue weighted by atomic mass is 9.78. The van der Waals surface area contributed by atoms with E-state index in [-0.39, 0.29) is 6.61 Å². The second-order valence-corrected chi connectivity index (χ2v) is 5.09. The Morgan fingerprint density at radius 3 is 2.62 bits per heavy atom. The first-order valence-corrected chi connectivity index (χ1v) is 6.54. The fraction of sp³-hybridized carbons (Fsp3) is 0.846. The predicted octanol–water partition coefficient (Wildman–Crippen LogP) is 0.997. The molecule has 2 aliphatic carbocycles. The first-order chi connectivity index (χ1) is 7.85. The maximum Gasteiger partial charge on any atom is 0.0558 e. The number of nitrogens with zero attached hydrogens (tertiary/aromatic N) is 1. The molecule has 16 heavy (non-hydrogen) atoms. The molecule has 92 valence electrons. The molecule has 2 unspecified atom stereocenters. The van der Waals surface area contributed by atoms with Gasteiger partial charge in [0.1, 0.15) is 0 Å². The van der Waals surface area contributed by atoms with Gasteiger partial charge in [0.2, 0.25) is 0 Å². The molecule has 0 heterocycles. The molecular formula is C13H24N2O. The van der Waals surface area contributed by atoms with Gasteiger partial charge in [-0.3, -0.25) is 4.90 Å². The summed E-state index contributed by atoms with van der Waals surface area (Å²) in [6, 6.07) is 1.48. The first kappa shape index (κ1) is 12.1. The first-order valence-electron chi connectivity index (χ1n) is 6.54. The Kier molecular flexibility index (Phi) is 4.38. The van der Waals surface area contributed by atoms with Gasteiger partial charge in [-0.25, -0.2) is 0 Å². The number of rotatable bonds is 8. The van der Waals surface area contributed by atoms with Gasteiger partial charge in [-0.2, -0.15) is 0 Å². The van der Waals surface area contributed by atoms with Crippen molar-refractivity contribution >= 4 is 0 Å². The Morgan fingerprint density at radius 1 is 1.31 bits per heavy atom. The normalized spacial score (nSPS) is 29.1. The van der Waals surface area contributed by atoms with Crippen molar-refractivity contribution in [2.24, 2.45) is 5.92 Å². The lowest BCUT2D eigenvalue weighted by Crippen LogP contribution is -2.51. The third kappa shape index (κ3) is 3.06. The highest BCUT2D eigenvalue weighted by atomic mass is 16.3. The van der Waals surface area contributed by atoms with E-state index >= 15 is 0 Å². The summed E-state index contributed by atoms with van der Waals surface area (Å²) in [6.45, 7) is 6.91. The third-order valence-corrected chi connectivity index (χ3v) is 3.84. The van der Waals surface area contributed by atoms with Crippen molar-refractivity contribution in [2.75, 3.05) is 26.2 Å². The molecule has 0 aromatic carbocycles. The van der Waals surface area contributed by atoms with E-state index in [2.05, 4.69) is 16.8 Å². The summed E-state index contributed by atoms with van der Waals surface area (Å²) in [5, 5.41) is 12.7. The fourth-order valence-corrected chi connectivity index (χ4v) is 2.56. The maximum absolute atomic E-state index is 9.05. The Balaban J connectivity index is 1.74. The van der Waals surface area contributed by atoms with Crippen LogP contribution in [-0.4, -0.2) is 48.3 Å². The molecule has 3 heteroatoms. The van der Waals surface area contributed by atoms with E-state index in [0.29, 0.717) is 6.04 Å². The molecule has 0 aromatic rings. The molecule has 2 fully saturated rings. The highest BCUT2D eigenvalue weighted by Gasteiger charge is 2.35. The van der Waals surface area contributed by atoms with Gasteiger partial charge in [0.25, 0.3) is 0 Å². The molecule has 2 N–H and O–H groups in total. The van der Waals surface area contributed by atoms with Crippen LogP contribution in [0.5, 0.6) is 0 Å². The number of hydrogen-bond donors (Lipinski definition) is 2. The number of hydrogen-bond acceptors (Lipinski definition) is 3. The highest BCUT2D eigenvalue weighted by Crippen LogP contribution is 2.32. The number of nitrogens with one attached hydrogen (secondary N) is 1. The zero-order valence-electron chi connectivity index (χ0n) is 10.1. The van der Waals surface area contributed by atoms with Crippen LogP contribution in [0.2, 0.25) is 0 Å². The minimum atomic E-state index is 0.257. The van der Waals surface area contributed by atoms with Crippen molar-refractivity contribution in [2.45, 2.75) is 37.8 Å². The van der Waals surface area contributed by atoms with Crippen LogP contribution in [0.1, 0.15) is 25.7 Å². The van der Waals surface area contributed by atoms with E-state index in [1.807, 2.05) is 6.08 Å². The standard InChI is InChI=1S/C13H24N2O/c1-2-7-15(8-9-16)13-6-3-11(13)10-14-12-4-5-12/h2,11-14,16H,1,3-10H2. The van der Waals surface area contributed by atoms with Crippen molar-refractivity contribution in [1.29, 1.82) is 0 Å². The van der Waals surface area contributed by atoms with Gasteiger partial charge in [-0.15, -0.1) is 6.58 Å². The van der Waals surface area contributed by atoms with Gasteiger partial charge in [-0.1, -0.05) is 6.08 Å².